The zero-order valence-electron chi connectivity index (χ0n) is 33.3. The van der Waals surface area contributed by atoms with Gasteiger partial charge >= 0.3 is 0 Å². The van der Waals surface area contributed by atoms with Crippen molar-refractivity contribution in [2.75, 3.05) is 0 Å². The molecule has 4 nitrogen and oxygen atoms in total. The summed E-state index contributed by atoms with van der Waals surface area (Å²) in [5.41, 5.74) is 16.6. The molecule has 0 unspecified atom stereocenters. The van der Waals surface area contributed by atoms with Gasteiger partial charge in [0.1, 0.15) is 11.2 Å². The van der Waals surface area contributed by atoms with E-state index in [-0.39, 0.29) is 5.41 Å². The Balaban J connectivity index is 1.03. The van der Waals surface area contributed by atoms with Crippen LogP contribution in [0.15, 0.2) is 193 Å². The summed E-state index contributed by atoms with van der Waals surface area (Å²) in [6.07, 6.45) is 7.69. The molecule has 0 saturated carbocycles. The lowest BCUT2D eigenvalue weighted by Crippen LogP contribution is -2.14. The molecule has 0 saturated heterocycles. The van der Waals surface area contributed by atoms with Crippen molar-refractivity contribution in [2.24, 2.45) is 0 Å². The number of furan rings is 1. The van der Waals surface area contributed by atoms with E-state index in [9.17, 15) is 0 Å². The van der Waals surface area contributed by atoms with E-state index in [1.807, 2.05) is 67.6 Å². The van der Waals surface area contributed by atoms with Crippen LogP contribution in [0.25, 0.3) is 94.8 Å². The van der Waals surface area contributed by atoms with Gasteiger partial charge in [-0.1, -0.05) is 178 Å². The predicted octanol–water partition coefficient (Wildman–Crippen LogP) is 14.6. The van der Waals surface area contributed by atoms with Gasteiger partial charge in [0.25, 0.3) is 0 Å². The molecule has 59 heavy (non-hydrogen) atoms. The van der Waals surface area contributed by atoms with Crippen LogP contribution >= 0.6 is 0 Å². The van der Waals surface area contributed by atoms with Crippen LogP contribution in [0.3, 0.4) is 0 Å². The third-order valence-corrected chi connectivity index (χ3v) is 11.7. The molecular weight excluding hydrogens is 719 g/mol. The Bertz CT molecular complexity index is 3150. The molecule has 0 spiro atoms. The average molecular weight is 760 g/mol. The summed E-state index contributed by atoms with van der Waals surface area (Å²) in [7, 11) is 0. The van der Waals surface area contributed by atoms with Gasteiger partial charge in [-0.25, -0.2) is 15.0 Å². The highest BCUT2D eigenvalue weighted by Crippen LogP contribution is 2.52. The third-order valence-electron chi connectivity index (χ3n) is 11.7. The second-order valence-electron chi connectivity index (χ2n) is 15.6. The van der Waals surface area contributed by atoms with Crippen molar-refractivity contribution in [3.63, 3.8) is 0 Å². The number of benzene rings is 7. The Morgan fingerprint density at radius 3 is 1.98 bits per heavy atom. The van der Waals surface area contributed by atoms with E-state index in [4.69, 9.17) is 19.4 Å². The molecule has 10 rings (SSSR count). The standard InChI is InChI=1S/C55H41N3O/c1-5-7-16-35(6-2)52-56-53(38-17-9-8-10-18-38)58-54(57-52)44-23-15-26-49-51(44)45-34-41(31-32-48(45)59-49)40-20-13-19-39(33-40)36-27-29-37(30-28-36)42-22-14-25-47-50(42)43-21-11-12-24-46(43)55(47,3)4/h5-34H,2H2,1,3-4H3/b7-5-,35-16+. The SMILES string of the molecule is C=C/C(=C\C=C/C)c1nc(-c2ccccc2)nc(-c2cccc3oc4ccc(-c5cccc(-c6ccc(-c7cccc8c7-c7ccccc7C8(C)C)cc6)c5)cc4c23)n1. The molecule has 0 fully saturated rings. The van der Waals surface area contributed by atoms with Crippen LogP contribution in [0.4, 0.5) is 0 Å². The molecule has 7 aromatic carbocycles. The monoisotopic (exact) mass is 759 g/mol. The van der Waals surface area contributed by atoms with Gasteiger partial charge < -0.3 is 4.42 Å². The van der Waals surface area contributed by atoms with Gasteiger partial charge in [-0.3, -0.25) is 0 Å². The number of nitrogens with zero attached hydrogens (tertiary/aromatic N) is 3. The Kier molecular flexibility index (Phi) is 8.83. The Morgan fingerprint density at radius 2 is 1.17 bits per heavy atom. The zero-order chi connectivity index (χ0) is 40.1. The lowest BCUT2D eigenvalue weighted by molar-refractivity contribution is 0.660. The van der Waals surface area contributed by atoms with Crippen LogP contribution < -0.4 is 0 Å². The molecule has 1 aliphatic carbocycles. The number of aromatic nitrogens is 3. The molecule has 0 aliphatic heterocycles. The summed E-state index contributed by atoms with van der Waals surface area (Å²) in [5.74, 6) is 1.72. The normalized spacial score (nSPS) is 13.2. The minimum atomic E-state index is -0.0309. The summed E-state index contributed by atoms with van der Waals surface area (Å²) < 4.78 is 6.46. The maximum atomic E-state index is 6.46. The number of rotatable bonds is 8. The van der Waals surface area contributed by atoms with Gasteiger partial charge in [-0.2, -0.15) is 0 Å². The molecule has 0 radical (unpaired) electrons. The van der Waals surface area contributed by atoms with E-state index in [1.54, 1.807) is 6.08 Å². The molecule has 0 amide bonds. The smallest absolute Gasteiger partial charge is 0.164 e. The second-order valence-corrected chi connectivity index (χ2v) is 15.6. The first-order chi connectivity index (χ1) is 28.9. The molecule has 2 aromatic heterocycles. The fraction of sp³-hybridized carbons (Fsp3) is 0.0727. The first-order valence-corrected chi connectivity index (χ1v) is 20.1. The summed E-state index contributed by atoms with van der Waals surface area (Å²) in [6.45, 7) is 10.7. The molecule has 4 heteroatoms. The van der Waals surface area contributed by atoms with Crippen molar-refractivity contribution < 1.29 is 4.42 Å². The highest BCUT2D eigenvalue weighted by atomic mass is 16.3. The average Bonchev–Trinajstić information content (AvgIpc) is 3.78. The van der Waals surface area contributed by atoms with Crippen molar-refractivity contribution in [3.8, 4) is 67.3 Å². The van der Waals surface area contributed by atoms with Gasteiger partial charge in [0.05, 0.1) is 0 Å². The van der Waals surface area contributed by atoms with Crippen molar-refractivity contribution in [1.29, 1.82) is 0 Å². The van der Waals surface area contributed by atoms with E-state index in [0.717, 1.165) is 55.3 Å². The zero-order valence-corrected chi connectivity index (χ0v) is 33.3. The third kappa shape index (κ3) is 6.21. The lowest BCUT2D eigenvalue weighted by Gasteiger charge is -2.21. The van der Waals surface area contributed by atoms with Crippen LogP contribution in [0.2, 0.25) is 0 Å². The molecule has 9 aromatic rings. The van der Waals surface area contributed by atoms with Crippen LogP contribution in [0.1, 0.15) is 37.7 Å². The van der Waals surface area contributed by atoms with Crippen molar-refractivity contribution >= 4 is 27.5 Å². The van der Waals surface area contributed by atoms with Gasteiger partial charge in [-0.15, -0.1) is 0 Å². The second kappa shape index (κ2) is 14.5. The van der Waals surface area contributed by atoms with E-state index in [0.29, 0.717) is 17.5 Å². The minimum Gasteiger partial charge on any atom is -0.456 e. The Hall–Kier alpha value is -7.43. The van der Waals surface area contributed by atoms with Crippen molar-refractivity contribution in [1.82, 2.24) is 15.0 Å². The number of fused-ring (bicyclic) bond motifs is 6. The van der Waals surface area contributed by atoms with E-state index in [2.05, 4.69) is 136 Å². The first kappa shape index (κ1) is 35.9. The van der Waals surface area contributed by atoms with Crippen molar-refractivity contribution in [2.45, 2.75) is 26.2 Å². The highest BCUT2D eigenvalue weighted by molar-refractivity contribution is 6.13. The molecular formula is C55H41N3O. The van der Waals surface area contributed by atoms with Gasteiger partial charge in [0.15, 0.2) is 17.5 Å². The van der Waals surface area contributed by atoms with Gasteiger partial charge in [0.2, 0.25) is 0 Å². The predicted molar refractivity (Wildman–Crippen MR) is 245 cm³/mol. The molecule has 0 atom stereocenters. The maximum absolute atomic E-state index is 6.46. The van der Waals surface area contributed by atoms with Crippen LogP contribution in [-0.2, 0) is 5.41 Å². The number of hydrogen-bond acceptors (Lipinski definition) is 4. The van der Waals surface area contributed by atoms with E-state index >= 15 is 0 Å². The first-order valence-electron chi connectivity index (χ1n) is 20.1. The van der Waals surface area contributed by atoms with Crippen molar-refractivity contribution in [3.05, 3.63) is 206 Å². The van der Waals surface area contributed by atoms with Gasteiger partial charge in [-0.05, 0) is 86.8 Å². The quantitative estimate of drug-likeness (QED) is 0.145. The highest BCUT2D eigenvalue weighted by Gasteiger charge is 2.36. The van der Waals surface area contributed by atoms with E-state index < -0.39 is 0 Å². The minimum absolute atomic E-state index is 0.0309. The lowest BCUT2D eigenvalue weighted by atomic mass is 9.82. The largest absolute Gasteiger partial charge is 0.456 e. The van der Waals surface area contributed by atoms with Crippen LogP contribution in [0.5, 0.6) is 0 Å². The van der Waals surface area contributed by atoms with Gasteiger partial charge in [0, 0.05) is 32.9 Å². The Morgan fingerprint density at radius 1 is 0.542 bits per heavy atom. The molecule has 1 aliphatic rings. The molecule has 0 bridgehead atoms. The molecule has 282 valence electrons. The fourth-order valence-electron chi connectivity index (χ4n) is 8.68. The topological polar surface area (TPSA) is 51.8 Å². The maximum Gasteiger partial charge on any atom is 0.164 e. The van der Waals surface area contributed by atoms with E-state index in [1.165, 1.54) is 38.9 Å². The van der Waals surface area contributed by atoms with Crippen LogP contribution in [0, 0.1) is 0 Å². The Labute approximate surface area is 344 Å². The summed E-state index contributed by atoms with van der Waals surface area (Å²) in [5, 5.41) is 1.96. The summed E-state index contributed by atoms with van der Waals surface area (Å²) >= 11 is 0. The molecule has 0 N–H and O–H groups in total. The molecule has 2 heterocycles. The summed E-state index contributed by atoms with van der Waals surface area (Å²) in [4.78, 5) is 15.0. The number of hydrogen-bond donors (Lipinski definition) is 0. The fourth-order valence-corrected chi connectivity index (χ4v) is 8.68. The summed E-state index contributed by atoms with van der Waals surface area (Å²) in [6, 6.07) is 55.9. The van der Waals surface area contributed by atoms with Crippen LogP contribution in [-0.4, -0.2) is 15.0 Å². The number of allylic oxidation sites excluding steroid dienone is 5.